The molecule has 1 nitrogen and oxygen atoms in total. The molecule has 0 aliphatic heterocycles. The van der Waals surface area contributed by atoms with Gasteiger partial charge < -0.3 is 5.32 Å². The van der Waals surface area contributed by atoms with Crippen LogP contribution in [0.15, 0.2) is 12.3 Å². The van der Waals surface area contributed by atoms with Crippen molar-refractivity contribution in [3.8, 4) is 0 Å². The van der Waals surface area contributed by atoms with Gasteiger partial charge in [-0.3, -0.25) is 0 Å². The number of nitrogens with one attached hydrogen (secondary N) is 1. The van der Waals surface area contributed by atoms with Crippen molar-refractivity contribution in [3.63, 3.8) is 0 Å². The maximum absolute atomic E-state index is 3.91. The highest BCUT2D eigenvalue weighted by Gasteiger charge is 1.92. The molecule has 0 aromatic heterocycles. The molecule has 0 atom stereocenters. The van der Waals surface area contributed by atoms with Gasteiger partial charge >= 0.3 is 0 Å². The average Bonchev–Trinajstić information content (AvgIpc) is 2.30. The molecule has 0 amide bonds. The van der Waals surface area contributed by atoms with Gasteiger partial charge in [-0.05, 0) is 12.8 Å². The molecule has 0 bridgehead atoms. The molecule has 0 fully saturated rings. The number of hydrogen-bond acceptors (Lipinski definition) is 1. The predicted molar refractivity (Wildman–Crippen MR) is 72.2 cm³/mol. The molecule has 92 valence electrons. The molecule has 0 unspecified atom stereocenters. The van der Waals surface area contributed by atoms with Gasteiger partial charge in [0.2, 0.25) is 0 Å². The van der Waals surface area contributed by atoms with Crippen LogP contribution in [0, 0.1) is 0 Å². The van der Waals surface area contributed by atoms with Crippen molar-refractivity contribution in [3.05, 3.63) is 12.3 Å². The fourth-order valence-electron chi connectivity index (χ4n) is 1.42. The summed E-state index contributed by atoms with van der Waals surface area (Å²) >= 11 is 0. The summed E-state index contributed by atoms with van der Waals surface area (Å²) in [5, 5.41) is 3.08. The topological polar surface area (TPSA) is 12.0 Å². The van der Waals surface area contributed by atoms with Crippen molar-refractivity contribution in [1.82, 2.24) is 5.32 Å². The second-order valence-corrected chi connectivity index (χ2v) is 3.72. The molecular weight excluding hydrogens is 182 g/mol. The summed E-state index contributed by atoms with van der Waals surface area (Å²) in [6, 6.07) is 0. The molecule has 0 saturated carbocycles. The molecule has 1 N–H and O–H groups in total. The molecule has 0 aliphatic rings. The highest BCUT2D eigenvalue weighted by molar-refractivity contribution is 4.88. The van der Waals surface area contributed by atoms with Crippen LogP contribution in [0.2, 0.25) is 0 Å². The Hall–Kier alpha value is -0.460. The third-order valence-corrected chi connectivity index (χ3v) is 2.44. The summed E-state index contributed by atoms with van der Waals surface area (Å²) in [6.07, 6.45) is 10.8. The monoisotopic (exact) mass is 213 g/mol. The third kappa shape index (κ3) is 16.2. The van der Waals surface area contributed by atoms with Crippen LogP contribution in [-0.2, 0) is 0 Å². The molecule has 0 aromatic carbocycles. The van der Waals surface area contributed by atoms with E-state index in [1.54, 1.807) is 0 Å². The number of hydrogen-bond donors (Lipinski definition) is 1. The van der Waals surface area contributed by atoms with E-state index in [-0.39, 0.29) is 0 Å². The fraction of sp³-hybridized carbons (Fsp3) is 0.857. The van der Waals surface area contributed by atoms with Gasteiger partial charge in [0, 0.05) is 12.7 Å². The van der Waals surface area contributed by atoms with Crippen molar-refractivity contribution in [1.29, 1.82) is 0 Å². The minimum Gasteiger partial charge on any atom is -0.392 e. The standard InChI is InChI=1S/C12H25N.C2H6/c1-4-5-6-7-8-9-10-11-12(2)13-3;1-2/h13H,2,4-11H2,1,3H3;1-2H3. The number of allylic oxidation sites excluding steroid dienone is 1. The Kier molecular flexibility index (Phi) is 18.1. The zero-order valence-electron chi connectivity index (χ0n) is 11.4. The lowest BCUT2D eigenvalue weighted by Gasteiger charge is -2.04. The quantitative estimate of drug-likeness (QED) is 0.538. The van der Waals surface area contributed by atoms with E-state index in [9.17, 15) is 0 Å². The summed E-state index contributed by atoms with van der Waals surface area (Å²) in [5.74, 6) is 0. The minimum atomic E-state index is 1.14. The van der Waals surface area contributed by atoms with Gasteiger partial charge in [-0.15, -0.1) is 0 Å². The maximum Gasteiger partial charge on any atom is 0.00310 e. The summed E-state index contributed by atoms with van der Waals surface area (Å²) < 4.78 is 0. The van der Waals surface area contributed by atoms with E-state index in [0.29, 0.717) is 0 Å². The van der Waals surface area contributed by atoms with Gasteiger partial charge in [0.05, 0.1) is 0 Å². The zero-order chi connectivity index (χ0) is 11.9. The van der Waals surface area contributed by atoms with Gasteiger partial charge in [0.15, 0.2) is 0 Å². The largest absolute Gasteiger partial charge is 0.392 e. The van der Waals surface area contributed by atoms with Gasteiger partial charge in [-0.1, -0.05) is 65.9 Å². The molecule has 0 aromatic rings. The van der Waals surface area contributed by atoms with Crippen molar-refractivity contribution in [2.45, 2.75) is 72.1 Å². The van der Waals surface area contributed by atoms with Crippen molar-refractivity contribution < 1.29 is 0 Å². The molecule has 1 heteroatoms. The van der Waals surface area contributed by atoms with E-state index in [1.807, 2.05) is 20.9 Å². The molecule has 0 aliphatic carbocycles. The van der Waals surface area contributed by atoms with Crippen LogP contribution >= 0.6 is 0 Å². The van der Waals surface area contributed by atoms with Crippen molar-refractivity contribution >= 4 is 0 Å². The first-order valence-electron chi connectivity index (χ1n) is 6.66. The summed E-state index contributed by atoms with van der Waals surface area (Å²) in [7, 11) is 1.95. The average molecular weight is 213 g/mol. The smallest absolute Gasteiger partial charge is 0.00310 e. The van der Waals surface area contributed by atoms with Crippen LogP contribution in [-0.4, -0.2) is 7.05 Å². The Bertz CT molecular complexity index is 119. The molecule has 0 rings (SSSR count). The van der Waals surface area contributed by atoms with Crippen LogP contribution < -0.4 is 5.32 Å². The summed E-state index contributed by atoms with van der Waals surface area (Å²) in [4.78, 5) is 0. The van der Waals surface area contributed by atoms with Crippen LogP contribution in [0.4, 0.5) is 0 Å². The van der Waals surface area contributed by atoms with Gasteiger partial charge in [-0.25, -0.2) is 0 Å². The second-order valence-electron chi connectivity index (χ2n) is 3.72. The molecular formula is C14H31N. The Labute approximate surface area is 97.3 Å². The van der Waals surface area contributed by atoms with Crippen molar-refractivity contribution in [2.75, 3.05) is 7.05 Å². The zero-order valence-corrected chi connectivity index (χ0v) is 11.4. The lowest BCUT2D eigenvalue weighted by atomic mass is 10.1. The van der Waals surface area contributed by atoms with E-state index < -0.39 is 0 Å². The van der Waals surface area contributed by atoms with Crippen LogP contribution in [0.25, 0.3) is 0 Å². The molecule has 0 heterocycles. The maximum atomic E-state index is 3.91. The SMILES string of the molecule is C=C(CCCCCCCCC)NC.CC. The van der Waals surface area contributed by atoms with Gasteiger partial charge in [-0.2, -0.15) is 0 Å². The first kappa shape index (κ1) is 17.0. The van der Waals surface area contributed by atoms with Gasteiger partial charge in [0.1, 0.15) is 0 Å². The molecule has 0 radical (unpaired) electrons. The minimum absolute atomic E-state index is 1.14. The lowest BCUT2D eigenvalue weighted by Crippen LogP contribution is -2.03. The first-order chi connectivity index (χ1) is 7.31. The van der Waals surface area contributed by atoms with Crippen molar-refractivity contribution in [2.24, 2.45) is 0 Å². The van der Waals surface area contributed by atoms with Crippen LogP contribution in [0.5, 0.6) is 0 Å². The van der Waals surface area contributed by atoms with E-state index in [1.165, 1.54) is 50.6 Å². The highest BCUT2D eigenvalue weighted by atomic mass is 14.8. The Morgan fingerprint density at radius 3 is 1.87 bits per heavy atom. The summed E-state index contributed by atoms with van der Waals surface area (Å²) in [5.41, 5.74) is 1.17. The predicted octanol–water partition coefficient (Wildman–Crippen LogP) is 4.89. The van der Waals surface area contributed by atoms with E-state index >= 15 is 0 Å². The normalized spacial score (nSPS) is 9.07. The lowest BCUT2D eigenvalue weighted by molar-refractivity contribution is 0.584. The summed E-state index contributed by atoms with van der Waals surface area (Å²) in [6.45, 7) is 10.2. The first-order valence-corrected chi connectivity index (χ1v) is 6.66. The fourth-order valence-corrected chi connectivity index (χ4v) is 1.42. The molecule has 15 heavy (non-hydrogen) atoms. The van der Waals surface area contributed by atoms with E-state index in [4.69, 9.17) is 0 Å². The Morgan fingerprint density at radius 2 is 1.40 bits per heavy atom. The van der Waals surface area contributed by atoms with Crippen LogP contribution in [0.1, 0.15) is 72.1 Å². The Morgan fingerprint density at radius 1 is 0.933 bits per heavy atom. The number of rotatable bonds is 9. The van der Waals surface area contributed by atoms with E-state index in [0.717, 1.165) is 6.42 Å². The number of unbranched alkanes of at least 4 members (excludes halogenated alkanes) is 6. The molecule has 0 saturated heterocycles. The third-order valence-electron chi connectivity index (χ3n) is 2.44. The Balaban J connectivity index is 0. The highest BCUT2D eigenvalue weighted by Crippen LogP contribution is 2.09. The van der Waals surface area contributed by atoms with Crippen LogP contribution in [0.3, 0.4) is 0 Å². The van der Waals surface area contributed by atoms with E-state index in [2.05, 4.69) is 18.8 Å². The second kappa shape index (κ2) is 16.0. The van der Waals surface area contributed by atoms with Gasteiger partial charge in [0.25, 0.3) is 0 Å². The molecule has 0 spiro atoms.